The van der Waals surface area contributed by atoms with E-state index < -0.39 is 52.8 Å². The highest BCUT2D eigenvalue weighted by Gasteiger charge is 2.47. The molecule has 0 bridgehead atoms. The third-order valence-electron chi connectivity index (χ3n) is 7.00. The summed E-state index contributed by atoms with van der Waals surface area (Å²) in [5, 5.41) is 2.09. The van der Waals surface area contributed by atoms with Crippen molar-refractivity contribution in [1.82, 2.24) is 15.1 Å². The lowest BCUT2D eigenvalue weighted by molar-refractivity contribution is -0.136. The number of nitrogens with one attached hydrogen (secondary N) is 1. The van der Waals surface area contributed by atoms with Crippen molar-refractivity contribution in [2.45, 2.75) is 54.8 Å². The van der Waals surface area contributed by atoms with Crippen molar-refractivity contribution >= 4 is 35.4 Å². The summed E-state index contributed by atoms with van der Waals surface area (Å²) in [5.41, 5.74) is 0.354. The minimum atomic E-state index is -2.68. The lowest BCUT2D eigenvalue weighted by Crippen LogP contribution is -2.54. The van der Waals surface area contributed by atoms with Crippen LogP contribution >= 0.6 is 11.8 Å². The van der Waals surface area contributed by atoms with Crippen LogP contribution in [0.4, 0.5) is 17.6 Å². The number of alkyl halides is 2. The highest BCUT2D eigenvalue weighted by atomic mass is 32.2. The minimum absolute atomic E-state index is 0.0499. The van der Waals surface area contributed by atoms with E-state index in [1.54, 1.807) is 17.0 Å². The smallest absolute Gasteiger partial charge is 0.265 e. The van der Waals surface area contributed by atoms with E-state index >= 15 is 0 Å². The van der Waals surface area contributed by atoms with Crippen molar-refractivity contribution in [3.8, 4) is 0 Å². The number of benzene rings is 2. The second-order valence-corrected chi connectivity index (χ2v) is 10.6. The van der Waals surface area contributed by atoms with Crippen molar-refractivity contribution in [3.05, 3.63) is 64.2 Å². The first-order valence-electron chi connectivity index (χ1n) is 12.1. The summed E-state index contributed by atoms with van der Waals surface area (Å²) < 4.78 is 56.2. The molecule has 0 saturated carbocycles. The lowest BCUT2D eigenvalue weighted by Gasteiger charge is -2.31. The maximum Gasteiger partial charge on any atom is 0.265 e. The molecule has 200 valence electrons. The fourth-order valence-electron chi connectivity index (χ4n) is 4.89. The van der Waals surface area contributed by atoms with Gasteiger partial charge in [0.05, 0.1) is 11.1 Å². The predicted molar refractivity (Wildman–Crippen MR) is 128 cm³/mol. The molecular weight excluding hydrogens is 526 g/mol. The second-order valence-electron chi connectivity index (χ2n) is 9.59. The number of nitrogens with zero attached hydrogens (tertiary/aromatic N) is 2. The van der Waals surface area contributed by atoms with Crippen LogP contribution in [0.2, 0.25) is 0 Å². The van der Waals surface area contributed by atoms with E-state index in [0.29, 0.717) is 20.9 Å². The van der Waals surface area contributed by atoms with Gasteiger partial charge in [0.25, 0.3) is 17.7 Å². The number of fused-ring (bicyclic) bond motifs is 1. The number of carbonyl (C=O) groups is 4. The molecule has 7 nitrogen and oxygen atoms in total. The molecule has 2 fully saturated rings. The van der Waals surface area contributed by atoms with Crippen molar-refractivity contribution < 1.29 is 36.7 Å². The van der Waals surface area contributed by atoms with Gasteiger partial charge in [0.15, 0.2) is 0 Å². The molecule has 3 aliphatic rings. The van der Waals surface area contributed by atoms with E-state index in [2.05, 4.69) is 5.32 Å². The van der Waals surface area contributed by atoms with Crippen LogP contribution in [0.5, 0.6) is 0 Å². The van der Waals surface area contributed by atoms with E-state index in [9.17, 15) is 36.7 Å². The Labute approximate surface area is 219 Å². The molecule has 4 amide bonds. The molecule has 0 radical (unpaired) electrons. The Kier molecular flexibility index (Phi) is 7.03. The summed E-state index contributed by atoms with van der Waals surface area (Å²) in [6, 6.07) is 5.81. The van der Waals surface area contributed by atoms with E-state index in [1.807, 2.05) is 0 Å². The van der Waals surface area contributed by atoms with E-state index in [-0.39, 0.29) is 56.6 Å². The van der Waals surface area contributed by atoms with E-state index in [0.717, 1.165) is 17.8 Å². The quantitative estimate of drug-likeness (QED) is 0.334. The van der Waals surface area contributed by atoms with Gasteiger partial charge in [-0.3, -0.25) is 34.3 Å². The van der Waals surface area contributed by atoms with Crippen molar-refractivity contribution in [3.63, 3.8) is 0 Å². The largest absolute Gasteiger partial charge is 0.299 e. The van der Waals surface area contributed by atoms with Gasteiger partial charge in [-0.15, -0.1) is 11.8 Å². The van der Waals surface area contributed by atoms with Crippen LogP contribution in [0.25, 0.3) is 0 Å². The molecule has 3 aliphatic heterocycles. The Morgan fingerprint density at radius 2 is 1.66 bits per heavy atom. The second kappa shape index (κ2) is 10.1. The van der Waals surface area contributed by atoms with Gasteiger partial charge in [-0.25, -0.2) is 17.6 Å². The zero-order valence-electron chi connectivity index (χ0n) is 20.1. The number of hydrogen-bond acceptors (Lipinski definition) is 6. The number of halogens is 4. The monoisotopic (exact) mass is 549 g/mol. The molecule has 1 unspecified atom stereocenters. The van der Waals surface area contributed by atoms with Crippen molar-refractivity contribution in [1.29, 1.82) is 0 Å². The van der Waals surface area contributed by atoms with Gasteiger partial charge in [0.1, 0.15) is 17.7 Å². The normalized spacial score (nSPS) is 21.6. The van der Waals surface area contributed by atoms with E-state index in [4.69, 9.17) is 0 Å². The molecule has 0 spiro atoms. The fourth-order valence-corrected chi connectivity index (χ4v) is 5.89. The van der Waals surface area contributed by atoms with Gasteiger partial charge < -0.3 is 0 Å². The third kappa shape index (κ3) is 5.06. The number of rotatable bonds is 6. The summed E-state index contributed by atoms with van der Waals surface area (Å²) >= 11 is 1.11. The summed E-state index contributed by atoms with van der Waals surface area (Å²) in [6.45, 7) is 0.582. The Hall–Kier alpha value is -3.25. The zero-order chi connectivity index (χ0) is 27.2. The number of piperidine rings is 2. The van der Waals surface area contributed by atoms with Crippen LogP contribution in [0.1, 0.15) is 57.5 Å². The molecule has 1 N–H and O–H groups in total. The predicted octanol–water partition coefficient (Wildman–Crippen LogP) is 3.89. The summed E-state index contributed by atoms with van der Waals surface area (Å²) in [4.78, 5) is 52.7. The van der Waals surface area contributed by atoms with Gasteiger partial charge in [-0.05, 0) is 30.2 Å². The molecule has 38 heavy (non-hydrogen) atoms. The molecule has 0 aromatic heterocycles. The topological polar surface area (TPSA) is 86.8 Å². The Balaban J connectivity index is 1.30. The number of carbonyl (C=O) groups excluding carboxylic acids is 4. The highest BCUT2D eigenvalue weighted by Crippen LogP contribution is 2.37. The lowest BCUT2D eigenvalue weighted by atomic mass is 10.0. The van der Waals surface area contributed by atoms with Crippen LogP contribution in [0.3, 0.4) is 0 Å². The number of likely N-dealkylation sites (tertiary alicyclic amines) is 1. The Morgan fingerprint density at radius 1 is 0.947 bits per heavy atom. The molecule has 0 aliphatic carbocycles. The maximum absolute atomic E-state index is 14.8. The zero-order valence-corrected chi connectivity index (χ0v) is 20.9. The number of imide groups is 2. The Morgan fingerprint density at radius 3 is 2.34 bits per heavy atom. The van der Waals surface area contributed by atoms with Crippen LogP contribution in [-0.4, -0.2) is 58.5 Å². The molecule has 2 aromatic rings. The van der Waals surface area contributed by atoms with Crippen LogP contribution in [0.15, 0.2) is 35.2 Å². The van der Waals surface area contributed by atoms with Gasteiger partial charge in [-0.2, -0.15) is 0 Å². The maximum atomic E-state index is 14.8. The molecule has 3 heterocycles. The number of thioether (sulfide) groups is 1. The molecule has 2 aromatic carbocycles. The Bertz CT molecular complexity index is 1340. The number of hydrogen-bond donors (Lipinski definition) is 1. The fraction of sp³-hybridized carbons (Fsp3) is 0.385. The highest BCUT2D eigenvalue weighted by molar-refractivity contribution is 7.98. The van der Waals surface area contributed by atoms with Crippen LogP contribution < -0.4 is 5.32 Å². The van der Waals surface area contributed by atoms with Gasteiger partial charge in [-0.1, -0.05) is 12.1 Å². The number of amides is 4. The SMILES string of the molecule is O=C1CCC(N2C(=O)c3c(F)ccc(SCc4ccc(CN5CCC(F)(F)CC5)c(F)c4)c3C2=O)C(=O)N1. The third-order valence-corrected chi connectivity index (χ3v) is 8.13. The van der Waals surface area contributed by atoms with E-state index in [1.165, 1.54) is 12.1 Å². The molecule has 2 saturated heterocycles. The molecular formula is C26H23F4N3O4S. The molecule has 1 atom stereocenters. The van der Waals surface area contributed by atoms with Crippen molar-refractivity contribution in [2.24, 2.45) is 0 Å². The van der Waals surface area contributed by atoms with Crippen LogP contribution in [-0.2, 0) is 21.9 Å². The van der Waals surface area contributed by atoms with Gasteiger partial charge in [0.2, 0.25) is 11.8 Å². The first-order chi connectivity index (χ1) is 18.0. The van der Waals surface area contributed by atoms with Gasteiger partial charge >= 0.3 is 0 Å². The average Bonchev–Trinajstić information content (AvgIpc) is 3.12. The van der Waals surface area contributed by atoms with Crippen molar-refractivity contribution in [2.75, 3.05) is 13.1 Å². The summed E-state index contributed by atoms with van der Waals surface area (Å²) in [5.74, 6) is -6.93. The minimum Gasteiger partial charge on any atom is -0.299 e. The average molecular weight is 550 g/mol. The first kappa shape index (κ1) is 26.4. The van der Waals surface area contributed by atoms with Gasteiger partial charge in [0, 0.05) is 55.1 Å². The standard InChI is InChI=1S/C26H23F4N3O4S/c27-16-3-5-19(22-21(16)24(36)33(25(22)37)18-4-6-20(34)31-23(18)35)38-13-14-1-2-15(17(28)11-14)12-32-9-7-26(29,30)8-10-32/h1-3,5,11,18H,4,6-10,12-13H2,(H,31,34,35). The molecule has 5 rings (SSSR count). The summed E-state index contributed by atoms with van der Waals surface area (Å²) in [7, 11) is 0. The summed E-state index contributed by atoms with van der Waals surface area (Å²) in [6.07, 6.45) is -0.619. The molecule has 12 heteroatoms. The first-order valence-corrected chi connectivity index (χ1v) is 13.1. The van der Waals surface area contributed by atoms with Crippen LogP contribution in [0, 0.1) is 11.6 Å².